The minimum absolute atomic E-state index is 0.138. The van der Waals surface area contributed by atoms with E-state index in [9.17, 15) is 0 Å². The van der Waals surface area contributed by atoms with E-state index in [-0.39, 0.29) is 13.2 Å². The maximum atomic E-state index is 8.92. The van der Waals surface area contributed by atoms with Gasteiger partial charge in [0.1, 0.15) is 0 Å². The number of aliphatic hydroxyl groups is 2. The number of aliphatic hydroxyl groups excluding tert-OH is 2. The molecule has 146 valence electrons. The minimum Gasteiger partial charge on any atom is -0.395 e. The van der Waals surface area contributed by atoms with Gasteiger partial charge in [-0.2, -0.15) is 0 Å². The van der Waals surface area contributed by atoms with E-state index in [1.54, 1.807) is 0 Å². The predicted molar refractivity (Wildman–Crippen MR) is 103 cm³/mol. The lowest BCUT2D eigenvalue weighted by Crippen LogP contribution is -2.33. The summed E-state index contributed by atoms with van der Waals surface area (Å²) in [6.07, 6.45) is 16.4. The van der Waals surface area contributed by atoms with Gasteiger partial charge in [-0.25, -0.2) is 0 Å². The number of rotatable bonds is 20. The normalized spacial score (nSPS) is 11.5. The van der Waals surface area contributed by atoms with Crippen molar-refractivity contribution in [3.63, 3.8) is 0 Å². The molecule has 0 amide bonds. The first-order valence-corrected chi connectivity index (χ1v) is 10.4. The molecule has 0 spiro atoms. The highest BCUT2D eigenvalue weighted by atomic mass is 16.5. The molecule has 0 aromatic heterocycles. The summed E-state index contributed by atoms with van der Waals surface area (Å²) in [5, 5.41) is 17.8. The van der Waals surface area contributed by atoms with Crippen molar-refractivity contribution in [3.05, 3.63) is 0 Å². The molecule has 0 aromatic carbocycles. The lowest BCUT2D eigenvalue weighted by atomic mass is 10.1. The molecule has 0 aliphatic carbocycles. The van der Waals surface area contributed by atoms with Crippen molar-refractivity contribution < 1.29 is 14.9 Å². The van der Waals surface area contributed by atoms with Crippen LogP contribution in [0.1, 0.15) is 84.0 Å². The second kappa shape index (κ2) is 20.9. The zero-order valence-corrected chi connectivity index (χ0v) is 16.2. The van der Waals surface area contributed by atoms with E-state index in [2.05, 4.69) is 6.92 Å². The molecule has 4 heteroatoms. The van der Waals surface area contributed by atoms with E-state index in [1.165, 1.54) is 70.6 Å². The maximum absolute atomic E-state index is 8.92. The highest BCUT2D eigenvalue weighted by Gasteiger charge is 2.02. The lowest BCUT2D eigenvalue weighted by molar-refractivity contribution is 0.0849. The largest absolute Gasteiger partial charge is 0.395 e. The topological polar surface area (TPSA) is 52.9 Å². The third kappa shape index (κ3) is 18.2. The van der Waals surface area contributed by atoms with Gasteiger partial charge < -0.3 is 14.9 Å². The van der Waals surface area contributed by atoms with Crippen LogP contribution in [-0.2, 0) is 4.74 Å². The van der Waals surface area contributed by atoms with Crippen molar-refractivity contribution in [1.82, 2.24) is 4.90 Å². The Morgan fingerprint density at radius 1 is 0.583 bits per heavy atom. The van der Waals surface area contributed by atoms with Gasteiger partial charge in [-0.1, -0.05) is 77.6 Å². The second-order valence-corrected chi connectivity index (χ2v) is 6.79. The van der Waals surface area contributed by atoms with E-state index in [4.69, 9.17) is 14.9 Å². The van der Waals surface area contributed by atoms with E-state index in [0.29, 0.717) is 19.7 Å². The molecule has 0 aliphatic heterocycles. The van der Waals surface area contributed by atoms with Crippen LogP contribution < -0.4 is 0 Å². The fourth-order valence-electron chi connectivity index (χ4n) is 2.96. The molecule has 0 aliphatic rings. The highest BCUT2D eigenvalue weighted by Crippen LogP contribution is 2.11. The first-order valence-electron chi connectivity index (χ1n) is 10.4. The third-order valence-electron chi connectivity index (χ3n) is 4.53. The van der Waals surface area contributed by atoms with Crippen molar-refractivity contribution in [2.24, 2.45) is 0 Å². The summed E-state index contributed by atoms with van der Waals surface area (Å²) in [6, 6.07) is 0. The minimum atomic E-state index is 0.138. The number of nitrogens with zero attached hydrogens (tertiary/aromatic N) is 1. The first kappa shape index (κ1) is 23.8. The summed E-state index contributed by atoms with van der Waals surface area (Å²) in [4.78, 5) is 2.03. The SMILES string of the molecule is CCCCCCCCCCCCCCOCCN(CCO)CCO. The number of hydrogen-bond donors (Lipinski definition) is 2. The van der Waals surface area contributed by atoms with E-state index >= 15 is 0 Å². The van der Waals surface area contributed by atoms with E-state index in [0.717, 1.165) is 19.6 Å². The van der Waals surface area contributed by atoms with E-state index in [1.807, 2.05) is 4.90 Å². The first-order chi connectivity index (χ1) is 11.8. The smallest absolute Gasteiger partial charge is 0.0593 e. The standard InChI is InChI=1S/C20H43NO3/c1-2-3-4-5-6-7-8-9-10-11-12-13-19-24-20-16-21(14-17-22)15-18-23/h22-23H,2-20H2,1H3. The number of ether oxygens (including phenoxy) is 1. The molecule has 0 radical (unpaired) electrons. The van der Waals surface area contributed by atoms with Gasteiger partial charge in [0.15, 0.2) is 0 Å². The summed E-state index contributed by atoms with van der Waals surface area (Å²) < 4.78 is 5.64. The van der Waals surface area contributed by atoms with Crippen LogP contribution in [0.25, 0.3) is 0 Å². The molecule has 0 bridgehead atoms. The van der Waals surface area contributed by atoms with Gasteiger partial charge in [0.2, 0.25) is 0 Å². The van der Waals surface area contributed by atoms with Crippen molar-refractivity contribution in [3.8, 4) is 0 Å². The van der Waals surface area contributed by atoms with Crippen molar-refractivity contribution in [2.75, 3.05) is 46.1 Å². The Kier molecular flexibility index (Phi) is 20.7. The van der Waals surface area contributed by atoms with Gasteiger partial charge in [-0.3, -0.25) is 4.90 Å². The number of unbranched alkanes of at least 4 members (excludes halogenated alkanes) is 11. The summed E-state index contributed by atoms with van der Waals surface area (Å²) in [7, 11) is 0. The average Bonchev–Trinajstić information content (AvgIpc) is 2.58. The van der Waals surface area contributed by atoms with Gasteiger partial charge in [-0.15, -0.1) is 0 Å². The van der Waals surface area contributed by atoms with Crippen LogP contribution in [0.2, 0.25) is 0 Å². The fourth-order valence-corrected chi connectivity index (χ4v) is 2.96. The van der Waals surface area contributed by atoms with Gasteiger partial charge >= 0.3 is 0 Å². The van der Waals surface area contributed by atoms with Gasteiger partial charge in [-0.05, 0) is 6.42 Å². The Labute approximate surface area is 150 Å². The van der Waals surface area contributed by atoms with Crippen LogP contribution in [0, 0.1) is 0 Å². The van der Waals surface area contributed by atoms with Crippen LogP contribution in [0.4, 0.5) is 0 Å². The third-order valence-corrected chi connectivity index (χ3v) is 4.53. The quantitative estimate of drug-likeness (QED) is 0.328. The summed E-state index contributed by atoms with van der Waals surface area (Å²) in [6.45, 7) is 6.10. The molecular weight excluding hydrogens is 302 g/mol. The van der Waals surface area contributed by atoms with Crippen molar-refractivity contribution in [2.45, 2.75) is 84.0 Å². The molecule has 0 saturated heterocycles. The second-order valence-electron chi connectivity index (χ2n) is 6.79. The molecule has 0 heterocycles. The molecule has 0 atom stereocenters. The molecule has 24 heavy (non-hydrogen) atoms. The molecule has 4 nitrogen and oxygen atoms in total. The van der Waals surface area contributed by atoms with Gasteiger partial charge in [0.05, 0.1) is 19.8 Å². The fraction of sp³-hybridized carbons (Fsp3) is 1.00. The Bertz CT molecular complexity index is 221. The number of hydrogen-bond acceptors (Lipinski definition) is 4. The van der Waals surface area contributed by atoms with Crippen LogP contribution in [0.3, 0.4) is 0 Å². The van der Waals surface area contributed by atoms with Crippen molar-refractivity contribution in [1.29, 1.82) is 0 Å². The Hall–Kier alpha value is -0.160. The van der Waals surface area contributed by atoms with Crippen LogP contribution in [0.5, 0.6) is 0 Å². The summed E-state index contributed by atoms with van der Waals surface area (Å²) in [5.41, 5.74) is 0. The van der Waals surface area contributed by atoms with Crippen LogP contribution >= 0.6 is 0 Å². The monoisotopic (exact) mass is 345 g/mol. The zero-order chi connectivity index (χ0) is 17.7. The van der Waals surface area contributed by atoms with E-state index < -0.39 is 0 Å². The average molecular weight is 346 g/mol. The molecule has 0 aromatic rings. The molecule has 0 unspecified atom stereocenters. The molecule has 0 saturated carbocycles. The van der Waals surface area contributed by atoms with Gasteiger partial charge in [0, 0.05) is 26.2 Å². The van der Waals surface area contributed by atoms with Crippen LogP contribution in [-0.4, -0.2) is 61.2 Å². The van der Waals surface area contributed by atoms with Crippen molar-refractivity contribution >= 4 is 0 Å². The summed E-state index contributed by atoms with van der Waals surface area (Å²) in [5.74, 6) is 0. The van der Waals surface area contributed by atoms with Crippen LogP contribution in [0.15, 0.2) is 0 Å². The molecule has 0 rings (SSSR count). The Morgan fingerprint density at radius 3 is 1.50 bits per heavy atom. The molecule has 2 N–H and O–H groups in total. The Morgan fingerprint density at radius 2 is 1.04 bits per heavy atom. The summed E-state index contributed by atoms with van der Waals surface area (Å²) >= 11 is 0. The zero-order valence-electron chi connectivity index (χ0n) is 16.2. The maximum Gasteiger partial charge on any atom is 0.0593 e. The van der Waals surface area contributed by atoms with Gasteiger partial charge in [0.25, 0.3) is 0 Å². The molecule has 0 fully saturated rings. The molecular formula is C20H43NO3. The lowest BCUT2D eigenvalue weighted by Gasteiger charge is -2.19. The highest BCUT2D eigenvalue weighted by molar-refractivity contribution is 4.55. The predicted octanol–water partition coefficient (Wildman–Crippen LogP) is 3.99. The Balaban J connectivity index is 3.14.